The molecular weight excluding hydrogens is 627 g/mol. The van der Waals surface area contributed by atoms with Crippen molar-refractivity contribution in [3.05, 3.63) is 176 Å². The standard InChI is InChI=1S/C46H29N3S/c1-4-13-30(14-5-1)33-19-12-20-34(27-33)35-23-24-38-42(28-35)49(41-26-25-37-36-21-10-11-22-43(36)50-45(37)44(38)41)46-47-39(31-15-6-2-7-16-31)29-40(48-46)32-17-8-3-9-18-32/h1-29H. The first-order valence-electron chi connectivity index (χ1n) is 16.8. The van der Waals surface area contributed by atoms with E-state index in [4.69, 9.17) is 9.97 Å². The predicted molar refractivity (Wildman–Crippen MR) is 211 cm³/mol. The van der Waals surface area contributed by atoms with Crippen molar-refractivity contribution in [3.63, 3.8) is 0 Å². The van der Waals surface area contributed by atoms with Crippen LogP contribution in [0, 0.1) is 0 Å². The lowest BCUT2D eigenvalue weighted by Crippen LogP contribution is -2.04. The van der Waals surface area contributed by atoms with Crippen LogP contribution in [0.2, 0.25) is 0 Å². The van der Waals surface area contributed by atoms with Crippen LogP contribution in [0.15, 0.2) is 176 Å². The normalized spacial score (nSPS) is 11.6. The molecule has 4 heteroatoms. The van der Waals surface area contributed by atoms with Crippen LogP contribution in [-0.4, -0.2) is 14.5 Å². The van der Waals surface area contributed by atoms with E-state index in [0.29, 0.717) is 5.95 Å². The van der Waals surface area contributed by atoms with Gasteiger partial charge in [0.15, 0.2) is 0 Å². The molecule has 0 aliphatic heterocycles. The number of hydrogen-bond acceptors (Lipinski definition) is 3. The Labute approximate surface area is 293 Å². The highest BCUT2D eigenvalue weighted by Gasteiger charge is 2.21. The summed E-state index contributed by atoms with van der Waals surface area (Å²) in [5, 5.41) is 4.99. The Kier molecular flexibility index (Phi) is 6.68. The lowest BCUT2D eigenvalue weighted by molar-refractivity contribution is 0.996. The minimum atomic E-state index is 0.654. The molecule has 0 aliphatic rings. The van der Waals surface area contributed by atoms with Gasteiger partial charge in [-0.1, -0.05) is 146 Å². The van der Waals surface area contributed by atoms with Crippen LogP contribution in [0.25, 0.3) is 92.7 Å². The highest BCUT2D eigenvalue weighted by atomic mass is 32.1. The van der Waals surface area contributed by atoms with Gasteiger partial charge in [-0.2, -0.15) is 0 Å². The van der Waals surface area contributed by atoms with Crippen molar-refractivity contribution >= 4 is 53.3 Å². The van der Waals surface area contributed by atoms with Gasteiger partial charge >= 0.3 is 0 Å². The number of fused-ring (bicyclic) bond motifs is 7. The maximum absolute atomic E-state index is 5.31. The maximum atomic E-state index is 5.31. The Morgan fingerprint density at radius 2 is 0.940 bits per heavy atom. The summed E-state index contributed by atoms with van der Waals surface area (Å²) >= 11 is 1.86. The molecule has 0 fully saturated rings. The Bertz CT molecular complexity index is 2800. The van der Waals surface area contributed by atoms with E-state index in [-0.39, 0.29) is 0 Å². The monoisotopic (exact) mass is 655 g/mol. The molecule has 0 unspecified atom stereocenters. The molecule has 0 radical (unpaired) electrons. The van der Waals surface area contributed by atoms with Crippen LogP contribution in [0.3, 0.4) is 0 Å². The number of nitrogens with zero attached hydrogens (tertiary/aromatic N) is 3. The molecule has 0 amide bonds. The quantitative estimate of drug-likeness (QED) is 0.185. The van der Waals surface area contributed by atoms with Gasteiger partial charge in [-0.3, -0.25) is 4.57 Å². The SMILES string of the molecule is c1ccc(-c2cccc(-c3ccc4c5c6sc7ccccc7c6ccc5n(-c5nc(-c6ccccc6)cc(-c6ccccc6)n5)c4c3)c2)cc1. The molecule has 0 spiro atoms. The molecule has 10 aromatic rings. The number of aromatic nitrogens is 3. The first-order chi connectivity index (χ1) is 24.8. The van der Waals surface area contributed by atoms with Crippen molar-refractivity contribution in [2.45, 2.75) is 0 Å². The minimum absolute atomic E-state index is 0.654. The molecule has 3 aromatic heterocycles. The summed E-state index contributed by atoms with van der Waals surface area (Å²) in [5.41, 5.74) is 10.8. The Morgan fingerprint density at radius 3 is 1.64 bits per heavy atom. The molecule has 0 N–H and O–H groups in total. The van der Waals surface area contributed by atoms with Crippen molar-refractivity contribution in [2.75, 3.05) is 0 Å². The van der Waals surface area contributed by atoms with Crippen LogP contribution >= 0.6 is 11.3 Å². The van der Waals surface area contributed by atoms with Crippen molar-refractivity contribution < 1.29 is 0 Å². The van der Waals surface area contributed by atoms with Crippen LogP contribution in [0.5, 0.6) is 0 Å². The van der Waals surface area contributed by atoms with Gasteiger partial charge in [0, 0.05) is 42.1 Å². The number of thiophene rings is 1. The molecule has 3 heterocycles. The summed E-state index contributed by atoms with van der Waals surface area (Å²) in [4.78, 5) is 10.6. The molecule has 10 rings (SSSR count). The average molecular weight is 656 g/mol. The van der Waals surface area contributed by atoms with E-state index in [2.05, 4.69) is 168 Å². The fourth-order valence-corrected chi connectivity index (χ4v) is 8.49. The topological polar surface area (TPSA) is 30.7 Å². The van der Waals surface area contributed by atoms with E-state index >= 15 is 0 Å². The number of benzene rings is 7. The Balaban J connectivity index is 1.28. The average Bonchev–Trinajstić information content (AvgIpc) is 3.74. The van der Waals surface area contributed by atoms with Crippen molar-refractivity contribution in [1.82, 2.24) is 14.5 Å². The fraction of sp³-hybridized carbons (Fsp3) is 0. The van der Waals surface area contributed by atoms with Crippen LogP contribution in [0.1, 0.15) is 0 Å². The molecule has 234 valence electrons. The zero-order valence-corrected chi connectivity index (χ0v) is 27.8. The van der Waals surface area contributed by atoms with Gasteiger partial charge in [-0.25, -0.2) is 9.97 Å². The van der Waals surface area contributed by atoms with Crippen LogP contribution in [-0.2, 0) is 0 Å². The highest BCUT2D eigenvalue weighted by Crippen LogP contribution is 2.44. The van der Waals surface area contributed by atoms with Crippen molar-refractivity contribution in [3.8, 4) is 50.7 Å². The number of rotatable bonds is 5. The van der Waals surface area contributed by atoms with Gasteiger partial charge < -0.3 is 0 Å². The van der Waals surface area contributed by atoms with Gasteiger partial charge in [0.25, 0.3) is 0 Å². The third-order valence-corrected chi connectivity index (χ3v) is 10.8. The summed E-state index contributed by atoms with van der Waals surface area (Å²) in [5.74, 6) is 0.654. The summed E-state index contributed by atoms with van der Waals surface area (Å²) in [6, 6.07) is 62.4. The van der Waals surface area contributed by atoms with E-state index in [9.17, 15) is 0 Å². The lowest BCUT2D eigenvalue weighted by Gasteiger charge is -2.12. The van der Waals surface area contributed by atoms with E-state index < -0.39 is 0 Å². The molecule has 0 atom stereocenters. The largest absolute Gasteiger partial charge is 0.278 e. The van der Waals surface area contributed by atoms with Gasteiger partial charge in [-0.15, -0.1) is 11.3 Å². The molecule has 50 heavy (non-hydrogen) atoms. The number of hydrogen-bond donors (Lipinski definition) is 0. The third-order valence-electron chi connectivity index (χ3n) is 9.63. The smallest absolute Gasteiger partial charge is 0.235 e. The molecule has 0 saturated carbocycles. The minimum Gasteiger partial charge on any atom is -0.278 e. The Morgan fingerprint density at radius 1 is 0.380 bits per heavy atom. The second-order valence-electron chi connectivity index (χ2n) is 12.6. The predicted octanol–water partition coefficient (Wildman–Crippen LogP) is 12.6. The van der Waals surface area contributed by atoms with E-state index in [1.54, 1.807) is 0 Å². The van der Waals surface area contributed by atoms with E-state index in [0.717, 1.165) is 39.1 Å². The van der Waals surface area contributed by atoms with Gasteiger partial charge in [0.1, 0.15) is 0 Å². The van der Waals surface area contributed by atoms with Gasteiger partial charge in [0.2, 0.25) is 5.95 Å². The molecule has 0 saturated heterocycles. The first kappa shape index (κ1) is 28.6. The zero-order valence-electron chi connectivity index (χ0n) is 27.0. The molecule has 0 aliphatic carbocycles. The highest BCUT2D eigenvalue weighted by molar-refractivity contribution is 7.26. The van der Waals surface area contributed by atoms with Crippen LogP contribution in [0.4, 0.5) is 0 Å². The summed E-state index contributed by atoms with van der Waals surface area (Å²) in [7, 11) is 0. The van der Waals surface area contributed by atoms with Crippen molar-refractivity contribution in [1.29, 1.82) is 0 Å². The zero-order chi connectivity index (χ0) is 33.0. The van der Waals surface area contributed by atoms with Crippen LogP contribution < -0.4 is 0 Å². The lowest BCUT2D eigenvalue weighted by atomic mass is 9.98. The summed E-state index contributed by atoms with van der Waals surface area (Å²) < 4.78 is 4.85. The van der Waals surface area contributed by atoms with E-state index in [1.165, 1.54) is 47.6 Å². The second kappa shape index (κ2) is 11.7. The summed E-state index contributed by atoms with van der Waals surface area (Å²) in [6.45, 7) is 0. The molecule has 3 nitrogen and oxygen atoms in total. The maximum Gasteiger partial charge on any atom is 0.235 e. The molecular formula is C46H29N3S. The van der Waals surface area contributed by atoms with Gasteiger partial charge in [-0.05, 0) is 52.6 Å². The molecule has 7 aromatic carbocycles. The van der Waals surface area contributed by atoms with Gasteiger partial charge in [0.05, 0.1) is 22.4 Å². The summed E-state index contributed by atoms with van der Waals surface area (Å²) in [6.07, 6.45) is 0. The first-order valence-corrected chi connectivity index (χ1v) is 17.6. The third kappa shape index (κ3) is 4.73. The fourth-order valence-electron chi connectivity index (χ4n) is 7.24. The van der Waals surface area contributed by atoms with Crippen molar-refractivity contribution in [2.24, 2.45) is 0 Å². The molecule has 0 bridgehead atoms. The second-order valence-corrected chi connectivity index (χ2v) is 13.7. The Hall–Kier alpha value is -6.36. The van der Waals surface area contributed by atoms with E-state index in [1.807, 2.05) is 23.5 Å².